The Labute approximate surface area is 266 Å². The van der Waals surface area contributed by atoms with E-state index in [1.807, 2.05) is 11.3 Å². The quantitative estimate of drug-likeness (QED) is 0.188. The fourth-order valence-corrected chi connectivity index (χ4v) is 8.17. The second-order valence-electron chi connectivity index (χ2n) is 13.2. The van der Waals surface area contributed by atoms with Crippen LogP contribution in [0.15, 0.2) is 121 Å². The third-order valence-electron chi connectivity index (χ3n) is 10.0. The van der Waals surface area contributed by atoms with E-state index in [1.54, 1.807) is 0 Å². The first-order valence-electron chi connectivity index (χ1n) is 15.6. The van der Waals surface area contributed by atoms with E-state index < -0.39 is 18.3 Å². The second-order valence-corrected chi connectivity index (χ2v) is 14.3. The van der Waals surface area contributed by atoms with E-state index in [-0.39, 0.29) is 0 Å². The number of hydrogen-bond acceptors (Lipinski definition) is 3. The minimum atomic E-state index is -0.409. The van der Waals surface area contributed by atoms with Crippen LogP contribution in [0, 0.1) is 0 Å². The van der Waals surface area contributed by atoms with E-state index >= 15 is 0 Å². The zero-order valence-electron chi connectivity index (χ0n) is 25.8. The first kappa shape index (κ1) is 26.9. The van der Waals surface area contributed by atoms with Gasteiger partial charge >= 0.3 is 7.12 Å². The maximum absolute atomic E-state index is 6.54. The Morgan fingerprint density at radius 2 is 1.16 bits per heavy atom. The molecule has 0 saturated carbocycles. The van der Waals surface area contributed by atoms with Crippen LogP contribution >= 0.6 is 11.3 Å². The Balaban J connectivity index is 1.24. The van der Waals surface area contributed by atoms with Gasteiger partial charge in [-0.25, -0.2) is 0 Å². The summed E-state index contributed by atoms with van der Waals surface area (Å²) in [6.45, 7) is 8.47. The van der Waals surface area contributed by atoms with Gasteiger partial charge in [-0.15, -0.1) is 11.3 Å². The molecular formula is C40H32BNO2S. The zero-order chi connectivity index (χ0) is 30.5. The Bertz CT molecular complexity index is 2440. The highest BCUT2D eigenvalue weighted by Crippen LogP contribution is 2.43. The van der Waals surface area contributed by atoms with Crippen molar-refractivity contribution in [3.05, 3.63) is 121 Å². The number of aromatic nitrogens is 1. The van der Waals surface area contributed by atoms with Gasteiger partial charge in [0.2, 0.25) is 0 Å². The fourth-order valence-electron chi connectivity index (χ4n) is 7.02. The number of para-hydroxylation sites is 2. The number of nitrogens with zero attached hydrogens (tertiary/aromatic N) is 1. The Morgan fingerprint density at radius 3 is 1.93 bits per heavy atom. The molecule has 6 aromatic carbocycles. The van der Waals surface area contributed by atoms with Crippen molar-refractivity contribution in [1.29, 1.82) is 0 Å². The zero-order valence-corrected chi connectivity index (χ0v) is 26.6. The molecule has 3 nitrogen and oxygen atoms in total. The van der Waals surface area contributed by atoms with Gasteiger partial charge in [-0.05, 0) is 97.5 Å². The van der Waals surface area contributed by atoms with Crippen LogP contribution in [0.3, 0.4) is 0 Å². The first-order chi connectivity index (χ1) is 21.8. The summed E-state index contributed by atoms with van der Waals surface area (Å²) in [6, 6.07) is 44.2. The van der Waals surface area contributed by atoms with Gasteiger partial charge in [-0.3, -0.25) is 0 Å². The monoisotopic (exact) mass is 601 g/mol. The van der Waals surface area contributed by atoms with Crippen LogP contribution in [0.2, 0.25) is 0 Å². The molecule has 8 aromatic rings. The number of fused-ring (bicyclic) bond motifs is 8. The summed E-state index contributed by atoms with van der Waals surface area (Å²) in [7, 11) is -0.409. The van der Waals surface area contributed by atoms with Crippen LogP contribution in [0.1, 0.15) is 27.7 Å². The molecule has 1 saturated heterocycles. The summed E-state index contributed by atoms with van der Waals surface area (Å²) in [5.41, 5.74) is 6.35. The molecule has 1 aliphatic rings. The second kappa shape index (κ2) is 9.54. The lowest BCUT2D eigenvalue weighted by atomic mass is 9.75. The van der Waals surface area contributed by atoms with Gasteiger partial charge in [-0.1, -0.05) is 78.9 Å². The van der Waals surface area contributed by atoms with Gasteiger partial charge < -0.3 is 13.9 Å². The SMILES string of the molecule is CC1(C)OB(c2cc3sc4ccc(-c5ccc6c7ccccc7n(-c7ccccc7)c6c5)cc4c3c3ccccc23)OC1(C)C. The van der Waals surface area contributed by atoms with Crippen LogP contribution in [-0.4, -0.2) is 22.9 Å². The molecule has 0 radical (unpaired) electrons. The maximum atomic E-state index is 6.54. The van der Waals surface area contributed by atoms with Gasteiger partial charge in [-0.2, -0.15) is 0 Å². The lowest BCUT2D eigenvalue weighted by Gasteiger charge is -2.32. The molecule has 3 heterocycles. The highest BCUT2D eigenvalue weighted by atomic mass is 32.1. The summed E-state index contributed by atoms with van der Waals surface area (Å²) in [4.78, 5) is 0. The van der Waals surface area contributed by atoms with Crippen molar-refractivity contribution < 1.29 is 9.31 Å². The standard InChI is InChI=1S/C40H32BNO2S/c1-39(2)40(3,4)44-41(43-39)33-24-37-38(31-16-9-8-14-28(31)33)32-22-25(19-21-36(32)45-37)26-18-20-30-29-15-10-11-17-34(29)42(35(30)23-26)27-12-6-5-7-13-27/h5-24H,1-4H3. The van der Waals surface area contributed by atoms with Crippen LogP contribution in [0.4, 0.5) is 0 Å². The van der Waals surface area contributed by atoms with Crippen molar-refractivity contribution in [3.63, 3.8) is 0 Å². The van der Waals surface area contributed by atoms with E-state index in [1.165, 1.54) is 69.6 Å². The molecule has 45 heavy (non-hydrogen) atoms. The van der Waals surface area contributed by atoms with Crippen molar-refractivity contribution in [1.82, 2.24) is 4.57 Å². The number of rotatable bonds is 3. The fraction of sp³-hybridized carbons (Fsp3) is 0.150. The smallest absolute Gasteiger partial charge is 0.399 e. The minimum Gasteiger partial charge on any atom is -0.399 e. The third-order valence-corrected chi connectivity index (χ3v) is 11.2. The largest absolute Gasteiger partial charge is 0.495 e. The molecule has 0 N–H and O–H groups in total. The van der Waals surface area contributed by atoms with Gasteiger partial charge in [0.15, 0.2) is 0 Å². The molecule has 218 valence electrons. The number of benzene rings is 6. The van der Waals surface area contributed by atoms with E-state index in [0.717, 1.165) is 5.46 Å². The Kier molecular flexibility index (Phi) is 5.71. The summed E-state index contributed by atoms with van der Waals surface area (Å²) in [5.74, 6) is 0. The van der Waals surface area contributed by atoms with Gasteiger partial charge in [0.1, 0.15) is 0 Å². The summed E-state index contributed by atoms with van der Waals surface area (Å²) < 4.78 is 18.0. The Morgan fingerprint density at radius 1 is 0.533 bits per heavy atom. The van der Waals surface area contributed by atoms with Crippen LogP contribution in [0.5, 0.6) is 0 Å². The lowest BCUT2D eigenvalue weighted by molar-refractivity contribution is 0.00578. The van der Waals surface area contributed by atoms with Crippen LogP contribution in [0.25, 0.3) is 69.6 Å². The van der Waals surface area contributed by atoms with E-state index in [2.05, 4.69) is 154 Å². The molecule has 0 spiro atoms. The molecule has 1 fully saturated rings. The Hall–Kier alpha value is -4.42. The third kappa shape index (κ3) is 3.98. The summed E-state index contributed by atoms with van der Waals surface area (Å²) >= 11 is 1.84. The first-order valence-corrected chi connectivity index (χ1v) is 16.4. The molecule has 2 aromatic heterocycles. The molecule has 9 rings (SSSR count). The summed E-state index contributed by atoms with van der Waals surface area (Å²) in [6.07, 6.45) is 0. The normalized spacial score (nSPS) is 16.1. The molecule has 0 amide bonds. The molecule has 0 bridgehead atoms. The minimum absolute atomic E-state index is 0.393. The van der Waals surface area contributed by atoms with E-state index in [0.29, 0.717) is 0 Å². The van der Waals surface area contributed by atoms with E-state index in [4.69, 9.17) is 9.31 Å². The maximum Gasteiger partial charge on any atom is 0.495 e. The van der Waals surface area contributed by atoms with Gasteiger partial charge in [0.05, 0.1) is 22.2 Å². The molecule has 0 aliphatic carbocycles. The number of thiophene rings is 1. The lowest BCUT2D eigenvalue weighted by Crippen LogP contribution is -2.41. The molecular weight excluding hydrogens is 569 g/mol. The van der Waals surface area contributed by atoms with Crippen LogP contribution < -0.4 is 5.46 Å². The van der Waals surface area contributed by atoms with Gasteiger partial charge in [0.25, 0.3) is 0 Å². The summed E-state index contributed by atoms with van der Waals surface area (Å²) in [5, 5.41) is 7.54. The van der Waals surface area contributed by atoms with Crippen molar-refractivity contribution in [2.24, 2.45) is 0 Å². The van der Waals surface area contributed by atoms with Gasteiger partial charge in [0, 0.05) is 36.6 Å². The number of hydrogen-bond donors (Lipinski definition) is 0. The predicted octanol–water partition coefficient (Wildman–Crippen LogP) is 10.3. The van der Waals surface area contributed by atoms with Crippen LogP contribution in [-0.2, 0) is 9.31 Å². The van der Waals surface area contributed by atoms with Crippen molar-refractivity contribution in [2.45, 2.75) is 38.9 Å². The average molecular weight is 602 g/mol. The van der Waals surface area contributed by atoms with E-state index in [9.17, 15) is 0 Å². The van der Waals surface area contributed by atoms with Crippen molar-refractivity contribution in [3.8, 4) is 16.8 Å². The molecule has 5 heteroatoms. The van der Waals surface area contributed by atoms with Crippen molar-refractivity contribution in [2.75, 3.05) is 0 Å². The molecule has 1 aliphatic heterocycles. The highest BCUT2D eigenvalue weighted by molar-refractivity contribution is 7.26. The molecule has 0 unspecified atom stereocenters. The average Bonchev–Trinajstić information content (AvgIpc) is 3.66. The predicted molar refractivity (Wildman–Crippen MR) is 192 cm³/mol. The van der Waals surface area contributed by atoms with Crippen molar-refractivity contribution >= 4 is 76.7 Å². The molecule has 0 atom stereocenters. The highest BCUT2D eigenvalue weighted by Gasteiger charge is 2.52. The topological polar surface area (TPSA) is 23.4 Å².